The second kappa shape index (κ2) is 7.82. The monoisotopic (exact) mass is 461 g/mol. The van der Waals surface area contributed by atoms with Gasteiger partial charge in [0.15, 0.2) is 11.2 Å². The molecular formula is C26H24ClN3O3. The fraction of sp³-hybridized carbons (Fsp3) is 0.308. The second-order valence-electron chi connectivity index (χ2n) is 9.05. The minimum absolute atomic E-state index is 0.269. The third-order valence-corrected chi connectivity index (χ3v) is 7.10. The number of ether oxygens (including phenoxy) is 1. The van der Waals surface area contributed by atoms with Gasteiger partial charge in [-0.15, -0.1) is 0 Å². The van der Waals surface area contributed by atoms with Crippen molar-refractivity contribution >= 4 is 11.6 Å². The molecule has 2 N–H and O–H groups in total. The zero-order chi connectivity index (χ0) is 23.4. The molecule has 6 nitrogen and oxygen atoms in total. The summed E-state index contributed by atoms with van der Waals surface area (Å²) in [5.74, 6) is -0.437. The van der Waals surface area contributed by atoms with E-state index in [0.29, 0.717) is 28.4 Å². The lowest BCUT2D eigenvalue weighted by Crippen LogP contribution is -2.52. The van der Waals surface area contributed by atoms with Crippen LogP contribution in [0.4, 0.5) is 0 Å². The van der Waals surface area contributed by atoms with Gasteiger partial charge in [-0.3, -0.25) is 4.98 Å². The summed E-state index contributed by atoms with van der Waals surface area (Å²) in [5.41, 5.74) is -0.846. The minimum Gasteiger partial charge on any atom is -0.476 e. The van der Waals surface area contributed by atoms with Gasteiger partial charge >= 0.3 is 0 Å². The van der Waals surface area contributed by atoms with E-state index < -0.39 is 23.2 Å². The standard InChI is InChI=1S/C26H24ClN3O3/c1-30(2)15-20-22(17-6-4-3-5-7-17)26(18-10-8-16(13-28)9-11-18)25(32,24(20)31)23-21(33-26)12-19(27)14-29-23/h3-12,14,20,22,24,31-32H,15H2,1-2H3/t20-,22-,24+,25+,26+/m1/s1. The summed E-state index contributed by atoms with van der Waals surface area (Å²) in [5, 5.41) is 33.9. The molecule has 2 aromatic carbocycles. The lowest BCUT2D eigenvalue weighted by Gasteiger charge is -2.40. The van der Waals surface area contributed by atoms with E-state index in [0.717, 1.165) is 5.56 Å². The summed E-state index contributed by atoms with van der Waals surface area (Å²) in [6.07, 6.45) is 0.288. The van der Waals surface area contributed by atoms with Crippen molar-refractivity contribution in [1.29, 1.82) is 5.26 Å². The normalized spacial score (nSPS) is 29.9. The summed E-state index contributed by atoms with van der Waals surface area (Å²) in [6, 6.07) is 20.5. The third-order valence-electron chi connectivity index (χ3n) is 6.89. The molecule has 2 aliphatic rings. The zero-order valence-corrected chi connectivity index (χ0v) is 19.1. The fourth-order valence-corrected chi connectivity index (χ4v) is 5.83. The summed E-state index contributed by atoms with van der Waals surface area (Å²) in [7, 11) is 3.88. The van der Waals surface area contributed by atoms with Crippen LogP contribution in [0.1, 0.15) is 28.3 Å². The maximum absolute atomic E-state index is 12.4. The molecule has 0 unspecified atom stereocenters. The lowest BCUT2D eigenvalue weighted by molar-refractivity contribution is -0.153. The van der Waals surface area contributed by atoms with Crippen LogP contribution in [0, 0.1) is 17.2 Å². The van der Waals surface area contributed by atoms with Crippen molar-refractivity contribution in [2.75, 3.05) is 20.6 Å². The Hall–Kier alpha value is -2.95. The molecule has 1 fully saturated rings. The van der Waals surface area contributed by atoms with Crippen molar-refractivity contribution in [1.82, 2.24) is 9.88 Å². The van der Waals surface area contributed by atoms with Gasteiger partial charge in [0.25, 0.3) is 0 Å². The van der Waals surface area contributed by atoms with Crippen LogP contribution in [-0.2, 0) is 11.2 Å². The Labute approximate surface area is 197 Å². The van der Waals surface area contributed by atoms with Crippen molar-refractivity contribution in [3.63, 3.8) is 0 Å². The molecular weight excluding hydrogens is 438 g/mol. The molecule has 1 aliphatic carbocycles. The molecule has 7 heteroatoms. The Balaban J connectivity index is 1.83. The van der Waals surface area contributed by atoms with Gasteiger partial charge in [0, 0.05) is 30.6 Å². The number of aliphatic hydroxyl groups excluding tert-OH is 1. The topological polar surface area (TPSA) is 89.6 Å². The maximum atomic E-state index is 12.4. The Kier molecular flexibility index (Phi) is 5.19. The molecule has 0 spiro atoms. The molecule has 1 aromatic heterocycles. The van der Waals surface area contributed by atoms with Gasteiger partial charge in [0.05, 0.1) is 22.8 Å². The summed E-state index contributed by atoms with van der Waals surface area (Å²) < 4.78 is 6.65. The van der Waals surface area contributed by atoms with Crippen LogP contribution in [0.2, 0.25) is 5.02 Å². The first-order chi connectivity index (χ1) is 15.8. The highest BCUT2D eigenvalue weighted by atomic mass is 35.5. The maximum Gasteiger partial charge on any atom is 0.181 e. The number of aromatic nitrogens is 1. The summed E-state index contributed by atoms with van der Waals surface area (Å²) >= 11 is 6.21. The Morgan fingerprint density at radius 1 is 1.15 bits per heavy atom. The van der Waals surface area contributed by atoms with Crippen LogP contribution < -0.4 is 4.74 Å². The van der Waals surface area contributed by atoms with Crippen molar-refractivity contribution in [3.05, 3.63) is 94.3 Å². The van der Waals surface area contributed by atoms with E-state index in [2.05, 4.69) is 11.1 Å². The van der Waals surface area contributed by atoms with E-state index in [1.54, 1.807) is 30.3 Å². The molecule has 1 saturated carbocycles. The van der Waals surface area contributed by atoms with Gasteiger partial charge in [-0.1, -0.05) is 54.1 Å². The van der Waals surface area contributed by atoms with E-state index in [1.807, 2.05) is 49.3 Å². The Morgan fingerprint density at radius 3 is 2.48 bits per heavy atom. The number of pyridine rings is 1. The number of rotatable bonds is 4. The van der Waals surface area contributed by atoms with Crippen molar-refractivity contribution in [2.24, 2.45) is 5.92 Å². The molecule has 2 heterocycles. The van der Waals surface area contributed by atoms with Crippen LogP contribution in [0.25, 0.3) is 0 Å². The van der Waals surface area contributed by atoms with Gasteiger partial charge in [0.1, 0.15) is 11.4 Å². The van der Waals surface area contributed by atoms with E-state index in [9.17, 15) is 15.5 Å². The number of halogens is 1. The van der Waals surface area contributed by atoms with Crippen LogP contribution >= 0.6 is 11.6 Å². The molecule has 168 valence electrons. The van der Waals surface area contributed by atoms with E-state index in [1.165, 1.54) is 6.20 Å². The molecule has 0 radical (unpaired) electrons. The highest BCUT2D eigenvalue weighted by Gasteiger charge is 2.76. The van der Waals surface area contributed by atoms with Crippen molar-refractivity contribution in [3.8, 4) is 11.8 Å². The number of hydrogen-bond acceptors (Lipinski definition) is 6. The van der Waals surface area contributed by atoms with Gasteiger partial charge in [-0.25, -0.2) is 0 Å². The number of benzene rings is 2. The van der Waals surface area contributed by atoms with Gasteiger partial charge < -0.3 is 19.8 Å². The first-order valence-corrected chi connectivity index (χ1v) is 11.2. The van der Waals surface area contributed by atoms with Gasteiger partial charge in [0.2, 0.25) is 0 Å². The Morgan fingerprint density at radius 2 is 1.85 bits per heavy atom. The van der Waals surface area contributed by atoms with Crippen LogP contribution in [-0.4, -0.2) is 46.8 Å². The summed E-state index contributed by atoms with van der Waals surface area (Å²) in [6.45, 7) is 0.521. The van der Waals surface area contributed by atoms with Gasteiger partial charge in [-0.05, 0) is 37.4 Å². The molecule has 5 rings (SSSR count). The van der Waals surface area contributed by atoms with E-state index >= 15 is 0 Å². The van der Waals surface area contributed by atoms with Crippen LogP contribution in [0.5, 0.6) is 5.75 Å². The number of hydrogen-bond donors (Lipinski definition) is 2. The van der Waals surface area contributed by atoms with Crippen LogP contribution in [0.3, 0.4) is 0 Å². The molecule has 0 saturated heterocycles. The molecule has 5 atom stereocenters. The Bertz CT molecular complexity index is 1230. The lowest BCUT2D eigenvalue weighted by atomic mass is 9.71. The zero-order valence-electron chi connectivity index (χ0n) is 18.3. The summed E-state index contributed by atoms with van der Waals surface area (Å²) in [4.78, 5) is 6.43. The van der Waals surface area contributed by atoms with Crippen LogP contribution in [0.15, 0.2) is 66.9 Å². The largest absolute Gasteiger partial charge is 0.476 e. The number of aliphatic hydroxyl groups is 2. The molecule has 1 aliphatic heterocycles. The molecule has 3 aromatic rings. The average molecular weight is 462 g/mol. The molecule has 0 amide bonds. The molecule has 0 bridgehead atoms. The SMILES string of the molecule is CN(C)C[C@@H]1[C@@H](c2ccccc2)[C@]2(c3ccc(C#N)cc3)Oc3cc(Cl)cnc3[C@]2(O)[C@H]1O. The third kappa shape index (κ3) is 3.01. The fourth-order valence-electron chi connectivity index (χ4n) is 5.69. The van der Waals surface area contributed by atoms with Gasteiger partial charge in [-0.2, -0.15) is 5.26 Å². The highest BCUT2D eigenvalue weighted by molar-refractivity contribution is 6.30. The number of nitrogens with zero attached hydrogens (tertiary/aromatic N) is 3. The molecule has 33 heavy (non-hydrogen) atoms. The average Bonchev–Trinajstić information content (AvgIpc) is 3.17. The minimum atomic E-state index is -1.83. The highest BCUT2D eigenvalue weighted by Crippen LogP contribution is 2.68. The van der Waals surface area contributed by atoms with Crippen molar-refractivity contribution < 1.29 is 14.9 Å². The quantitative estimate of drug-likeness (QED) is 0.618. The number of nitriles is 1. The van der Waals surface area contributed by atoms with Crippen molar-refractivity contribution in [2.45, 2.75) is 23.2 Å². The predicted molar refractivity (Wildman–Crippen MR) is 124 cm³/mol. The number of fused-ring (bicyclic) bond motifs is 3. The first kappa shape index (κ1) is 21.9. The smallest absolute Gasteiger partial charge is 0.181 e. The first-order valence-electron chi connectivity index (χ1n) is 10.8. The predicted octanol–water partition coefficient (Wildman–Crippen LogP) is 3.42. The van der Waals surface area contributed by atoms with E-state index in [-0.39, 0.29) is 11.6 Å². The second-order valence-corrected chi connectivity index (χ2v) is 9.49. The van der Waals surface area contributed by atoms with E-state index in [4.69, 9.17) is 16.3 Å².